The van der Waals surface area contributed by atoms with Crippen molar-refractivity contribution < 1.29 is 5.11 Å². The van der Waals surface area contributed by atoms with E-state index in [1.165, 1.54) is 12.3 Å². The second kappa shape index (κ2) is 3.05. The molecule has 0 aromatic heterocycles. The molecule has 0 radical (unpaired) electrons. The minimum Gasteiger partial charge on any atom is -0.506 e. The minimum absolute atomic E-state index is 0.0960. The number of phenols is 1. The number of rotatable bonds is 2. The maximum atomic E-state index is 9.03. The topological polar surface area (TPSA) is 70.1 Å². The molecule has 0 aliphatic rings. The average molecular weight is 150 g/mol. The van der Waals surface area contributed by atoms with Crippen molar-refractivity contribution in [3.05, 3.63) is 23.8 Å². The van der Waals surface area contributed by atoms with Crippen LogP contribution in [-0.4, -0.2) is 11.3 Å². The summed E-state index contributed by atoms with van der Waals surface area (Å²) in [5.74, 6) is 0.0960. The lowest BCUT2D eigenvalue weighted by Gasteiger charge is -2.00. The summed E-state index contributed by atoms with van der Waals surface area (Å²) in [5.41, 5.74) is 6.73. The first-order chi connectivity index (χ1) is 5.24. The van der Waals surface area contributed by atoms with Crippen molar-refractivity contribution in [3.63, 3.8) is 0 Å². The number of benzene rings is 1. The van der Waals surface area contributed by atoms with E-state index < -0.39 is 0 Å². The van der Waals surface area contributed by atoms with Gasteiger partial charge in [0.25, 0.3) is 0 Å². The second-order valence-corrected chi connectivity index (χ2v) is 2.30. The molecule has 4 N–H and O–H groups in total. The van der Waals surface area contributed by atoms with E-state index >= 15 is 0 Å². The van der Waals surface area contributed by atoms with Crippen LogP contribution in [0.2, 0.25) is 0 Å². The van der Waals surface area contributed by atoms with E-state index in [-0.39, 0.29) is 5.75 Å². The van der Waals surface area contributed by atoms with Crippen molar-refractivity contribution in [2.45, 2.75) is 6.42 Å². The summed E-state index contributed by atoms with van der Waals surface area (Å²) in [6.45, 7) is 0. The Morgan fingerprint density at radius 3 is 2.82 bits per heavy atom. The fourth-order valence-electron chi connectivity index (χ4n) is 0.849. The summed E-state index contributed by atoms with van der Waals surface area (Å²) < 4.78 is 0. The number of nitrogens with two attached hydrogens (primary N) is 1. The van der Waals surface area contributed by atoms with Gasteiger partial charge in [-0.15, -0.1) is 0 Å². The molecule has 3 nitrogen and oxygen atoms in total. The summed E-state index contributed by atoms with van der Waals surface area (Å²) in [7, 11) is 0. The molecule has 11 heavy (non-hydrogen) atoms. The van der Waals surface area contributed by atoms with Crippen LogP contribution in [0.15, 0.2) is 18.2 Å². The number of aromatic hydroxyl groups is 1. The van der Waals surface area contributed by atoms with Gasteiger partial charge in [0.15, 0.2) is 0 Å². The highest BCUT2D eigenvalue weighted by Crippen LogP contribution is 2.20. The minimum atomic E-state index is 0.0960. The Morgan fingerprint density at radius 2 is 2.27 bits per heavy atom. The maximum absolute atomic E-state index is 9.03. The van der Waals surface area contributed by atoms with E-state index in [1.807, 2.05) is 0 Å². The molecule has 58 valence electrons. The third-order valence-electron chi connectivity index (χ3n) is 1.43. The van der Waals surface area contributed by atoms with E-state index in [4.69, 9.17) is 16.2 Å². The van der Waals surface area contributed by atoms with E-state index in [9.17, 15) is 0 Å². The smallest absolute Gasteiger partial charge is 0.138 e. The van der Waals surface area contributed by atoms with E-state index in [1.54, 1.807) is 12.1 Å². The lowest BCUT2D eigenvalue weighted by Crippen LogP contribution is -1.89. The van der Waals surface area contributed by atoms with Crippen LogP contribution >= 0.6 is 0 Å². The molecule has 0 atom stereocenters. The Balaban J connectivity index is 2.95. The van der Waals surface area contributed by atoms with Gasteiger partial charge in [-0.25, -0.2) is 0 Å². The van der Waals surface area contributed by atoms with Crippen LogP contribution in [-0.2, 0) is 6.42 Å². The van der Waals surface area contributed by atoms with Crippen molar-refractivity contribution in [1.29, 1.82) is 5.41 Å². The zero-order valence-corrected chi connectivity index (χ0v) is 6.04. The van der Waals surface area contributed by atoms with Gasteiger partial charge in [-0.3, -0.25) is 0 Å². The van der Waals surface area contributed by atoms with Crippen LogP contribution < -0.4 is 5.73 Å². The number of nitrogens with one attached hydrogen (secondary N) is 1. The fourth-order valence-corrected chi connectivity index (χ4v) is 0.849. The molecular weight excluding hydrogens is 140 g/mol. The zero-order valence-electron chi connectivity index (χ0n) is 6.04. The Hall–Kier alpha value is -1.51. The number of phenolic OH excluding ortho intramolecular Hbond substituents is 1. The molecule has 0 aliphatic heterocycles. The van der Waals surface area contributed by atoms with Gasteiger partial charge in [-0.1, -0.05) is 6.07 Å². The zero-order chi connectivity index (χ0) is 8.27. The molecule has 0 unspecified atom stereocenters. The molecule has 0 heterocycles. The molecular formula is C8H10N2O. The van der Waals surface area contributed by atoms with E-state index in [0.717, 1.165) is 5.56 Å². The van der Waals surface area contributed by atoms with Gasteiger partial charge >= 0.3 is 0 Å². The summed E-state index contributed by atoms with van der Waals surface area (Å²) in [4.78, 5) is 0. The Morgan fingerprint density at radius 1 is 1.55 bits per heavy atom. The van der Waals surface area contributed by atoms with Crippen molar-refractivity contribution in [2.75, 3.05) is 5.73 Å². The average Bonchev–Trinajstić information content (AvgIpc) is 1.98. The molecule has 0 bridgehead atoms. The van der Waals surface area contributed by atoms with Gasteiger partial charge in [-0.2, -0.15) is 0 Å². The molecule has 0 fully saturated rings. The number of hydrogen-bond acceptors (Lipinski definition) is 3. The molecule has 0 saturated heterocycles. The highest BCUT2D eigenvalue weighted by atomic mass is 16.3. The fraction of sp³-hybridized carbons (Fsp3) is 0.125. The quantitative estimate of drug-likeness (QED) is 0.336. The van der Waals surface area contributed by atoms with Crippen molar-refractivity contribution in [3.8, 4) is 5.75 Å². The monoisotopic (exact) mass is 150 g/mol. The summed E-state index contributed by atoms with van der Waals surface area (Å²) in [5, 5.41) is 15.9. The molecule has 0 spiro atoms. The Labute approximate surface area is 65.0 Å². The van der Waals surface area contributed by atoms with Gasteiger partial charge in [0, 0.05) is 6.42 Å². The molecule has 0 saturated carbocycles. The third kappa shape index (κ3) is 1.70. The number of hydrogen-bond donors (Lipinski definition) is 3. The predicted molar refractivity (Wildman–Crippen MR) is 45.0 cm³/mol. The van der Waals surface area contributed by atoms with Crippen molar-refractivity contribution >= 4 is 11.9 Å². The van der Waals surface area contributed by atoms with Crippen molar-refractivity contribution in [2.24, 2.45) is 0 Å². The van der Waals surface area contributed by atoms with Crippen molar-refractivity contribution in [1.82, 2.24) is 0 Å². The second-order valence-electron chi connectivity index (χ2n) is 2.30. The molecule has 0 amide bonds. The molecule has 0 aliphatic carbocycles. The van der Waals surface area contributed by atoms with Gasteiger partial charge in [0.1, 0.15) is 5.75 Å². The lowest BCUT2D eigenvalue weighted by molar-refractivity contribution is 0.478. The first-order valence-corrected chi connectivity index (χ1v) is 3.30. The van der Waals surface area contributed by atoms with E-state index in [0.29, 0.717) is 12.1 Å². The summed E-state index contributed by atoms with van der Waals surface area (Å²) in [6, 6.07) is 4.95. The maximum Gasteiger partial charge on any atom is 0.138 e. The largest absolute Gasteiger partial charge is 0.506 e. The molecule has 1 aromatic carbocycles. The number of anilines is 1. The third-order valence-corrected chi connectivity index (χ3v) is 1.43. The SMILES string of the molecule is N=CCc1ccc(O)c(N)c1. The van der Waals surface area contributed by atoms with Crippen LogP contribution in [0.3, 0.4) is 0 Å². The van der Waals surface area contributed by atoms with Gasteiger partial charge in [0.05, 0.1) is 5.69 Å². The van der Waals surface area contributed by atoms with Crippen LogP contribution in [0.4, 0.5) is 5.69 Å². The first-order valence-electron chi connectivity index (χ1n) is 3.30. The van der Waals surface area contributed by atoms with Crippen LogP contribution in [0.1, 0.15) is 5.56 Å². The lowest BCUT2D eigenvalue weighted by atomic mass is 10.1. The standard InChI is InChI=1S/C8H10N2O/c9-4-3-6-1-2-8(11)7(10)5-6/h1-2,4-5,9,11H,3,10H2. The van der Waals surface area contributed by atoms with Crippen LogP contribution in [0, 0.1) is 5.41 Å². The first kappa shape index (κ1) is 7.60. The highest BCUT2D eigenvalue weighted by Gasteiger charge is 1.96. The van der Waals surface area contributed by atoms with Crippen LogP contribution in [0.25, 0.3) is 0 Å². The predicted octanol–water partition coefficient (Wildman–Crippen LogP) is 1.17. The molecule has 1 rings (SSSR count). The summed E-state index contributed by atoms with van der Waals surface area (Å²) >= 11 is 0. The van der Waals surface area contributed by atoms with Gasteiger partial charge < -0.3 is 16.2 Å². The normalized spacial score (nSPS) is 9.45. The van der Waals surface area contributed by atoms with E-state index in [2.05, 4.69) is 0 Å². The Bertz CT molecular complexity index is 271. The molecule has 1 aromatic rings. The van der Waals surface area contributed by atoms with Gasteiger partial charge in [-0.05, 0) is 23.9 Å². The summed E-state index contributed by atoms with van der Waals surface area (Å²) in [6.07, 6.45) is 1.86. The highest BCUT2D eigenvalue weighted by molar-refractivity contribution is 5.61. The Kier molecular flexibility index (Phi) is 2.11. The molecule has 3 heteroatoms. The van der Waals surface area contributed by atoms with Gasteiger partial charge in [0.2, 0.25) is 0 Å². The van der Waals surface area contributed by atoms with Crippen LogP contribution in [0.5, 0.6) is 5.75 Å². The number of nitrogen functional groups attached to an aromatic ring is 1.